The molecule has 2 N–H and O–H groups in total. The maximum absolute atomic E-state index is 9.89. The Labute approximate surface area is 60.8 Å². The highest BCUT2D eigenvalue weighted by molar-refractivity contribution is 5.64. The highest BCUT2D eigenvalue weighted by atomic mass is 16.4. The van der Waals surface area contributed by atoms with Crippen molar-refractivity contribution in [1.82, 2.24) is 4.90 Å². The summed E-state index contributed by atoms with van der Waals surface area (Å²) in [7, 11) is 3.90. The monoisotopic (exact) mass is 146 g/mol. The number of hydrogen-bond acceptors (Lipinski definition) is 3. The van der Waals surface area contributed by atoms with Crippen molar-refractivity contribution in [1.29, 1.82) is 0 Å². The summed E-state index contributed by atoms with van der Waals surface area (Å²) >= 11 is 0. The summed E-state index contributed by atoms with van der Waals surface area (Å²) in [6.45, 7) is 1.77. The Hall–Kier alpha value is -0.610. The Kier molecular flexibility index (Phi) is 4.88. The summed E-state index contributed by atoms with van der Waals surface area (Å²) in [6.07, 6.45) is 0. The third-order valence-electron chi connectivity index (χ3n) is 1.09. The molecule has 10 heavy (non-hydrogen) atoms. The number of carboxylic acid groups (broad SMARTS) is 1. The van der Waals surface area contributed by atoms with Crippen molar-refractivity contribution in [2.24, 2.45) is 0 Å². The zero-order valence-electron chi connectivity index (χ0n) is 6.46. The van der Waals surface area contributed by atoms with Crippen molar-refractivity contribution in [2.45, 2.75) is 0 Å². The van der Waals surface area contributed by atoms with Gasteiger partial charge >= 0.3 is 0 Å². The average molecular weight is 146 g/mol. The van der Waals surface area contributed by atoms with Gasteiger partial charge in [0.1, 0.15) is 6.54 Å². The molecular formula is C6H14N2O2. The van der Waals surface area contributed by atoms with Crippen LogP contribution in [0.3, 0.4) is 0 Å². The lowest BCUT2D eigenvalue weighted by Gasteiger charge is -2.07. The lowest BCUT2D eigenvalue weighted by molar-refractivity contribution is -0.649. The quantitative estimate of drug-likeness (QED) is 0.417. The molecule has 0 atom stereocenters. The first kappa shape index (κ1) is 9.39. The van der Waals surface area contributed by atoms with E-state index in [4.69, 9.17) is 0 Å². The molecule has 0 rings (SSSR count). The maximum atomic E-state index is 9.89. The molecule has 0 aromatic heterocycles. The molecule has 0 aromatic carbocycles. The van der Waals surface area contributed by atoms with Gasteiger partial charge < -0.3 is 20.1 Å². The first-order chi connectivity index (χ1) is 4.63. The molecule has 0 fully saturated rings. The molecule has 0 saturated heterocycles. The number of carboxylic acids is 1. The van der Waals surface area contributed by atoms with E-state index < -0.39 is 5.97 Å². The Bertz CT molecular complexity index is 104. The van der Waals surface area contributed by atoms with E-state index in [1.807, 2.05) is 19.0 Å². The predicted molar refractivity (Wildman–Crippen MR) is 35.2 cm³/mol. The lowest BCUT2D eigenvalue weighted by Crippen LogP contribution is -2.88. The first-order valence-corrected chi connectivity index (χ1v) is 3.29. The van der Waals surface area contributed by atoms with E-state index in [1.165, 1.54) is 0 Å². The van der Waals surface area contributed by atoms with Crippen LogP contribution in [0.1, 0.15) is 0 Å². The van der Waals surface area contributed by atoms with E-state index in [9.17, 15) is 9.90 Å². The third-order valence-corrected chi connectivity index (χ3v) is 1.09. The van der Waals surface area contributed by atoms with Gasteiger partial charge in [-0.05, 0) is 14.1 Å². The minimum atomic E-state index is -1.00. The van der Waals surface area contributed by atoms with Crippen LogP contribution in [-0.4, -0.2) is 44.6 Å². The van der Waals surface area contributed by atoms with Gasteiger partial charge in [-0.15, -0.1) is 0 Å². The van der Waals surface area contributed by atoms with Crippen molar-refractivity contribution in [3.8, 4) is 0 Å². The van der Waals surface area contributed by atoms with Crippen molar-refractivity contribution < 1.29 is 15.2 Å². The molecular weight excluding hydrogens is 132 g/mol. The summed E-state index contributed by atoms with van der Waals surface area (Å²) < 4.78 is 0. The van der Waals surface area contributed by atoms with Crippen LogP contribution in [-0.2, 0) is 4.79 Å². The fraction of sp³-hybridized carbons (Fsp3) is 0.833. The molecule has 0 amide bonds. The lowest BCUT2D eigenvalue weighted by atomic mass is 10.5. The fourth-order valence-corrected chi connectivity index (χ4v) is 0.569. The first-order valence-electron chi connectivity index (χ1n) is 3.29. The van der Waals surface area contributed by atoms with Crippen LogP contribution >= 0.6 is 0 Å². The zero-order valence-corrected chi connectivity index (χ0v) is 6.46. The van der Waals surface area contributed by atoms with Gasteiger partial charge in [0.25, 0.3) is 0 Å². The fourth-order valence-electron chi connectivity index (χ4n) is 0.569. The summed E-state index contributed by atoms with van der Waals surface area (Å²) in [5.74, 6) is -1.00. The summed E-state index contributed by atoms with van der Waals surface area (Å²) in [6, 6.07) is 0. The average Bonchev–Trinajstić information content (AvgIpc) is 1.79. The smallest absolute Gasteiger partial charge is 0.116 e. The molecule has 0 saturated carbocycles. The zero-order chi connectivity index (χ0) is 7.98. The summed E-state index contributed by atoms with van der Waals surface area (Å²) in [5.41, 5.74) is 0. The van der Waals surface area contributed by atoms with E-state index in [0.717, 1.165) is 13.1 Å². The largest absolute Gasteiger partial charge is 0.544 e. The van der Waals surface area contributed by atoms with Crippen LogP contribution in [0.15, 0.2) is 0 Å². The number of carbonyl (C=O) groups is 1. The standard InChI is InChI=1S/C6H14N2O2/c1-8(2)4-3-7-5-6(9)10/h7H,3-5H2,1-2H3,(H,9,10). The van der Waals surface area contributed by atoms with Gasteiger partial charge in [-0.25, -0.2) is 0 Å². The molecule has 0 bridgehead atoms. The van der Waals surface area contributed by atoms with E-state index in [2.05, 4.69) is 0 Å². The van der Waals surface area contributed by atoms with Crippen LogP contribution in [0, 0.1) is 0 Å². The molecule has 0 aliphatic carbocycles. The Balaban J connectivity index is 2.98. The van der Waals surface area contributed by atoms with Gasteiger partial charge in [-0.3, -0.25) is 0 Å². The molecule has 4 heteroatoms. The minimum Gasteiger partial charge on any atom is -0.544 e. The van der Waals surface area contributed by atoms with Crippen LogP contribution in [0.25, 0.3) is 0 Å². The molecule has 60 valence electrons. The van der Waals surface area contributed by atoms with Crippen molar-refractivity contribution in [3.63, 3.8) is 0 Å². The molecule has 0 heterocycles. The van der Waals surface area contributed by atoms with E-state index in [0.29, 0.717) is 0 Å². The number of nitrogens with zero attached hydrogens (tertiary/aromatic N) is 1. The summed E-state index contributed by atoms with van der Waals surface area (Å²) in [5, 5.41) is 11.6. The second-order valence-electron chi connectivity index (χ2n) is 2.46. The predicted octanol–water partition coefficient (Wildman–Crippen LogP) is -3.14. The van der Waals surface area contributed by atoms with Gasteiger partial charge in [0, 0.05) is 6.54 Å². The van der Waals surface area contributed by atoms with Crippen LogP contribution in [0.5, 0.6) is 0 Å². The number of aliphatic carboxylic acids is 1. The molecule has 0 radical (unpaired) electrons. The topological polar surface area (TPSA) is 60.0 Å². The van der Waals surface area contributed by atoms with Gasteiger partial charge in [0.15, 0.2) is 0 Å². The van der Waals surface area contributed by atoms with Gasteiger partial charge in [-0.2, -0.15) is 0 Å². The van der Waals surface area contributed by atoms with Gasteiger partial charge in [0.2, 0.25) is 0 Å². The van der Waals surface area contributed by atoms with E-state index >= 15 is 0 Å². The van der Waals surface area contributed by atoms with Crippen molar-refractivity contribution in [3.05, 3.63) is 0 Å². The van der Waals surface area contributed by atoms with Crippen molar-refractivity contribution in [2.75, 3.05) is 33.7 Å². The second kappa shape index (κ2) is 5.20. The van der Waals surface area contributed by atoms with E-state index in [-0.39, 0.29) is 6.54 Å². The molecule has 0 aromatic rings. The van der Waals surface area contributed by atoms with Gasteiger partial charge in [-0.1, -0.05) is 0 Å². The van der Waals surface area contributed by atoms with Crippen molar-refractivity contribution >= 4 is 5.97 Å². The third kappa shape index (κ3) is 7.39. The number of rotatable bonds is 5. The minimum absolute atomic E-state index is 0.0633. The van der Waals surface area contributed by atoms with Crippen LogP contribution in [0.2, 0.25) is 0 Å². The molecule has 0 aliphatic rings. The van der Waals surface area contributed by atoms with Gasteiger partial charge in [0.05, 0.1) is 12.5 Å². The second-order valence-corrected chi connectivity index (χ2v) is 2.46. The normalized spacial score (nSPS) is 10.3. The molecule has 4 nitrogen and oxygen atoms in total. The number of nitrogens with two attached hydrogens (primary N) is 1. The highest BCUT2D eigenvalue weighted by Crippen LogP contribution is 1.64. The number of quaternary nitrogens is 1. The highest BCUT2D eigenvalue weighted by Gasteiger charge is 1.91. The molecule has 0 spiro atoms. The Morgan fingerprint density at radius 2 is 2.20 bits per heavy atom. The number of hydrogen-bond donors (Lipinski definition) is 1. The van der Waals surface area contributed by atoms with E-state index in [1.54, 1.807) is 5.32 Å². The maximum Gasteiger partial charge on any atom is 0.116 e. The Morgan fingerprint density at radius 1 is 1.60 bits per heavy atom. The molecule has 0 aliphatic heterocycles. The molecule has 0 unspecified atom stereocenters. The SMILES string of the molecule is CN(C)CC[NH2+]CC(=O)[O-]. The van der Waals surface area contributed by atoms with Crippen LogP contribution < -0.4 is 10.4 Å². The summed E-state index contributed by atoms with van der Waals surface area (Å²) in [4.78, 5) is 11.9. The van der Waals surface area contributed by atoms with Crippen LogP contribution in [0.4, 0.5) is 0 Å². The Morgan fingerprint density at radius 3 is 2.60 bits per heavy atom. The number of carbonyl (C=O) groups excluding carboxylic acids is 1. The number of likely N-dealkylation sites (N-methyl/N-ethyl adjacent to an activating group) is 1.